The van der Waals surface area contributed by atoms with E-state index >= 15 is 0 Å². The molecule has 1 fully saturated rings. The summed E-state index contributed by atoms with van der Waals surface area (Å²) >= 11 is 0. The fourth-order valence-electron chi connectivity index (χ4n) is 1.22. The minimum absolute atomic E-state index is 0.154. The zero-order valence-corrected chi connectivity index (χ0v) is 7.57. The number of carbonyl (C=O) groups excluding carboxylic acids is 2. The van der Waals surface area contributed by atoms with Crippen LogP contribution in [0.15, 0.2) is 0 Å². The van der Waals surface area contributed by atoms with Gasteiger partial charge in [-0.15, -0.1) is 0 Å². The average molecular weight is 181 g/mol. The molecule has 0 aliphatic carbocycles. The molecule has 0 radical (unpaired) electrons. The maximum Gasteiger partial charge on any atom is 0.246 e. The molecule has 2 amide bonds. The smallest absolute Gasteiger partial charge is 0.246 e. The second-order valence-electron chi connectivity index (χ2n) is 3.07. The van der Waals surface area contributed by atoms with Gasteiger partial charge in [0.15, 0.2) is 0 Å². The number of nitriles is 1. The van der Waals surface area contributed by atoms with Crippen LogP contribution in [0, 0.1) is 11.3 Å². The third-order valence-corrected chi connectivity index (χ3v) is 2.03. The molecule has 5 heteroatoms. The molecular weight excluding hydrogens is 170 g/mol. The first-order valence-corrected chi connectivity index (χ1v) is 4.02. The number of hydrogen-bond donors (Lipinski definition) is 1. The molecule has 1 aliphatic heterocycles. The number of nitrogens with one attached hydrogen (secondary N) is 1. The van der Waals surface area contributed by atoms with Crippen LogP contribution in [0.25, 0.3) is 0 Å². The molecule has 5 nitrogen and oxygen atoms in total. The number of likely N-dealkylation sites (N-methyl/N-ethyl adjacent to an activating group) is 1. The summed E-state index contributed by atoms with van der Waals surface area (Å²) in [5, 5.41) is 11.3. The molecule has 1 rings (SSSR count). The zero-order chi connectivity index (χ0) is 10.0. The number of carbonyl (C=O) groups is 2. The third-order valence-electron chi connectivity index (χ3n) is 2.03. The van der Waals surface area contributed by atoms with Gasteiger partial charge >= 0.3 is 0 Å². The van der Waals surface area contributed by atoms with Crippen LogP contribution in [0.5, 0.6) is 0 Å². The highest BCUT2D eigenvalue weighted by Crippen LogP contribution is 2.10. The quantitative estimate of drug-likeness (QED) is 0.568. The van der Waals surface area contributed by atoms with E-state index in [1.54, 1.807) is 6.92 Å². The van der Waals surface area contributed by atoms with Crippen molar-refractivity contribution in [2.75, 3.05) is 7.05 Å². The van der Waals surface area contributed by atoms with E-state index in [9.17, 15) is 9.59 Å². The molecule has 1 aliphatic rings. The predicted molar refractivity (Wildman–Crippen MR) is 44.4 cm³/mol. The first kappa shape index (κ1) is 9.68. The molecule has 70 valence electrons. The maximum absolute atomic E-state index is 11.3. The van der Waals surface area contributed by atoms with Gasteiger partial charge in [0.2, 0.25) is 11.8 Å². The van der Waals surface area contributed by atoms with E-state index in [4.69, 9.17) is 5.26 Å². The Morgan fingerprint density at radius 1 is 1.69 bits per heavy atom. The minimum atomic E-state index is -0.521. The van der Waals surface area contributed by atoms with Gasteiger partial charge in [-0.1, -0.05) is 0 Å². The van der Waals surface area contributed by atoms with Crippen molar-refractivity contribution in [3.63, 3.8) is 0 Å². The topological polar surface area (TPSA) is 73.2 Å². The Bertz CT molecular complexity index is 282. The van der Waals surface area contributed by atoms with Crippen molar-refractivity contribution >= 4 is 11.8 Å². The summed E-state index contributed by atoms with van der Waals surface area (Å²) in [6, 6.07) is 1.02. The molecule has 0 bridgehead atoms. The highest BCUT2D eigenvalue weighted by Gasteiger charge is 2.36. The highest BCUT2D eigenvalue weighted by atomic mass is 16.2. The number of rotatable bonds is 2. The molecule has 0 aromatic heterocycles. The fraction of sp³-hybridized carbons (Fsp3) is 0.625. The van der Waals surface area contributed by atoms with E-state index in [0.29, 0.717) is 0 Å². The van der Waals surface area contributed by atoms with Crippen LogP contribution < -0.4 is 5.32 Å². The number of hydrogen-bond acceptors (Lipinski definition) is 4. The average Bonchev–Trinajstić information content (AvgIpc) is 2.34. The van der Waals surface area contributed by atoms with Crippen molar-refractivity contribution in [2.45, 2.75) is 25.4 Å². The second kappa shape index (κ2) is 3.54. The van der Waals surface area contributed by atoms with Crippen LogP contribution in [0.2, 0.25) is 0 Å². The van der Waals surface area contributed by atoms with Crippen molar-refractivity contribution in [2.24, 2.45) is 0 Å². The van der Waals surface area contributed by atoms with Crippen molar-refractivity contribution < 1.29 is 9.59 Å². The number of nitrogens with zero attached hydrogens (tertiary/aromatic N) is 2. The summed E-state index contributed by atoms with van der Waals surface area (Å²) in [5.74, 6) is -0.459. The van der Waals surface area contributed by atoms with Crippen LogP contribution in [0.4, 0.5) is 0 Å². The van der Waals surface area contributed by atoms with Gasteiger partial charge in [0.1, 0.15) is 0 Å². The minimum Gasteiger partial charge on any atom is -0.290 e. The summed E-state index contributed by atoms with van der Waals surface area (Å²) < 4.78 is 0. The van der Waals surface area contributed by atoms with Crippen molar-refractivity contribution in [3.05, 3.63) is 0 Å². The fourth-order valence-corrected chi connectivity index (χ4v) is 1.22. The van der Waals surface area contributed by atoms with E-state index in [-0.39, 0.29) is 18.2 Å². The standard InChI is InChI=1S/C8H11N3O2/c1-5(4-9)10-6-3-7(12)11(2)8(6)13/h5-6,10H,3H2,1-2H3. The van der Waals surface area contributed by atoms with Gasteiger partial charge in [-0.3, -0.25) is 19.8 Å². The molecule has 1 N–H and O–H groups in total. The summed E-state index contributed by atoms with van der Waals surface area (Å²) in [4.78, 5) is 23.4. The van der Waals surface area contributed by atoms with Crippen LogP contribution in [0.3, 0.4) is 0 Å². The Kier molecular flexibility index (Phi) is 2.63. The maximum atomic E-state index is 11.3. The second-order valence-corrected chi connectivity index (χ2v) is 3.07. The lowest BCUT2D eigenvalue weighted by Crippen LogP contribution is -2.41. The summed E-state index contributed by atoms with van der Waals surface area (Å²) in [6.07, 6.45) is 0.154. The highest BCUT2D eigenvalue weighted by molar-refractivity contribution is 6.05. The van der Waals surface area contributed by atoms with Gasteiger partial charge in [0.25, 0.3) is 0 Å². The molecule has 0 saturated carbocycles. The Labute approximate surface area is 76.3 Å². The van der Waals surface area contributed by atoms with Gasteiger partial charge in [-0.2, -0.15) is 5.26 Å². The van der Waals surface area contributed by atoms with E-state index in [1.807, 2.05) is 6.07 Å². The third kappa shape index (κ3) is 1.84. The van der Waals surface area contributed by atoms with Crippen LogP contribution >= 0.6 is 0 Å². The zero-order valence-electron chi connectivity index (χ0n) is 7.57. The lowest BCUT2D eigenvalue weighted by Gasteiger charge is -2.11. The number of likely N-dealkylation sites (tertiary alicyclic amines) is 1. The molecule has 13 heavy (non-hydrogen) atoms. The SMILES string of the molecule is CC(C#N)NC1CC(=O)N(C)C1=O. The van der Waals surface area contributed by atoms with E-state index in [0.717, 1.165) is 4.90 Å². The Morgan fingerprint density at radius 2 is 2.31 bits per heavy atom. The van der Waals surface area contributed by atoms with Crippen LogP contribution in [0.1, 0.15) is 13.3 Å². The summed E-state index contributed by atoms with van der Waals surface area (Å²) in [5.41, 5.74) is 0. The predicted octanol–water partition coefficient (Wildman–Crippen LogP) is -0.755. The summed E-state index contributed by atoms with van der Waals surface area (Å²) in [7, 11) is 1.45. The van der Waals surface area contributed by atoms with Gasteiger partial charge in [-0.25, -0.2) is 0 Å². The van der Waals surface area contributed by atoms with Crippen molar-refractivity contribution in [1.82, 2.24) is 10.2 Å². The monoisotopic (exact) mass is 181 g/mol. The molecule has 1 saturated heterocycles. The van der Waals surface area contributed by atoms with Gasteiger partial charge in [-0.05, 0) is 6.92 Å². The van der Waals surface area contributed by atoms with Crippen LogP contribution in [-0.2, 0) is 9.59 Å². The first-order valence-electron chi connectivity index (χ1n) is 4.02. The van der Waals surface area contributed by atoms with Crippen LogP contribution in [-0.4, -0.2) is 35.8 Å². The largest absolute Gasteiger partial charge is 0.290 e. The molecular formula is C8H11N3O2. The first-order chi connectivity index (χ1) is 6.06. The molecule has 0 aromatic rings. The van der Waals surface area contributed by atoms with Gasteiger partial charge < -0.3 is 0 Å². The van der Waals surface area contributed by atoms with Gasteiger partial charge in [0, 0.05) is 7.05 Å². The van der Waals surface area contributed by atoms with E-state index < -0.39 is 12.1 Å². The van der Waals surface area contributed by atoms with Gasteiger partial charge in [0.05, 0.1) is 24.6 Å². The Morgan fingerprint density at radius 3 is 2.69 bits per heavy atom. The molecule has 2 atom stereocenters. The lowest BCUT2D eigenvalue weighted by atomic mass is 10.2. The number of imide groups is 1. The summed E-state index contributed by atoms with van der Waals surface area (Å²) in [6.45, 7) is 1.65. The molecule has 0 spiro atoms. The molecule has 0 aromatic carbocycles. The van der Waals surface area contributed by atoms with E-state index in [1.165, 1.54) is 7.05 Å². The molecule has 1 heterocycles. The van der Waals surface area contributed by atoms with Crippen molar-refractivity contribution in [3.8, 4) is 6.07 Å². The molecule has 2 unspecified atom stereocenters. The normalized spacial score (nSPS) is 24.7. The Hall–Kier alpha value is -1.41. The van der Waals surface area contributed by atoms with E-state index in [2.05, 4.69) is 5.32 Å². The number of amides is 2. The van der Waals surface area contributed by atoms with Crippen molar-refractivity contribution in [1.29, 1.82) is 5.26 Å². The lowest BCUT2D eigenvalue weighted by molar-refractivity contribution is -0.137. The Balaban J connectivity index is 2.60.